The van der Waals surface area contributed by atoms with Crippen LogP contribution in [0.4, 0.5) is 11.5 Å². The molecule has 0 aliphatic carbocycles. The third-order valence-corrected chi connectivity index (χ3v) is 2.73. The van der Waals surface area contributed by atoms with Crippen LogP contribution in [0.2, 0.25) is 5.28 Å². The zero-order valence-corrected chi connectivity index (χ0v) is 10.9. The molecular formula is C10H14ClN7. The number of aromatic nitrogens is 5. The van der Waals surface area contributed by atoms with Gasteiger partial charge in [-0.2, -0.15) is 4.98 Å². The van der Waals surface area contributed by atoms with Crippen LogP contribution in [0.3, 0.4) is 0 Å². The van der Waals surface area contributed by atoms with Crippen molar-refractivity contribution in [1.82, 2.24) is 24.7 Å². The highest BCUT2D eigenvalue weighted by Crippen LogP contribution is 2.20. The normalized spacial score (nSPS) is 10.6. The zero-order valence-electron chi connectivity index (χ0n) is 10.2. The van der Waals surface area contributed by atoms with Crippen molar-refractivity contribution in [3.63, 3.8) is 0 Å². The minimum absolute atomic E-state index is 0.168. The Morgan fingerprint density at radius 3 is 2.94 bits per heavy atom. The Morgan fingerprint density at radius 1 is 1.44 bits per heavy atom. The van der Waals surface area contributed by atoms with E-state index in [1.165, 1.54) is 0 Å². The molecule has 0 bridgehead atoms. The van der Waals surface area contributed by atoms with Crippen LogP contribution >= 0.6 is 11.6 Å². The van der Waals surface area contributed by atoms with E-state index in [4.69, 9.17) is 17.3 Å². The molecule has 0 unspecified atom stereocenters. The second-order valence-corrected chi connectivity index (χ2v) is 4.07. The Morgan fingerprint density at radius 2 is 2.22 bits per heavy atom. The third kappa shape index (κ3) is 2.51. The molecule has 7 nitrogen and oxygen atoms in total. The molecule has 0 aliphatic rings. The Bertz CT molecular complexity index is 551. The summed E-state index contributed by atoms with van der Waals surface area (Å²) in [5.74, 6) is 1.32. The topological polar surface area (TPSA) is 94.5 Å². The fraction of sp³-hybridized carbons (Fsp3) is 0.400. The maximum Gasteiger partial charge on any atom is 0.224 e. The number of hydrogen-bond acceptors (Lipinski definition) is 6. The number of nitrogens with zero attached hydrogens (tertiary/aromatic N) is 5. The number of anilines is 2. The van der Waals surface area contributed by atoms with Crippen molar-refractivity contribution in [1.29, 1.82) is 0 Å². The first-order valence-electron chi connectivity index (χ1n) is 5.52. The van der Waals surface area contributed by atoms with Crippen molar-refractivity contribution >= 4 is 23.1 Å². The van der Waals surface area contributed by atoms with Gasteiger partial charge in [0.1, 0.15) is 6.33 Å². The highest BCUT2D eigenvalue weighted by Gasteiger charge is 2.09. The summed E-state index contributed by atoms with van der Waals surface area (Å²) in [5, 5.41) is 11.1. The molecule has 0 amide bonds. The number of nitrogen functional groups attached to an aromatic ring is 1. The lowest BCUT2D eigenvalue weighted by Crippen LogP contribution is -2.11. The molecule has 2 aromatic rings. The summed E-state index contributed by atoms with van der Waals surface area (Å²) in [5.41, 5.74) is 7.01. The van der Waals surface area contributed by atoms with Gasteiger partial charge in [0.05, 0.1) is 17.9 Å². The fourth-order valence-corrected chi connectivity index (χ4v) is 1.74. The predicted molar refractivity (Wildman–Crippen MR) is 69.2 cm³/mol. The molecule has 18 heavy (non-hydrogen) atoms. The monoisotopic (exact) mass is 267 g/mol. The van der Waals surface area contributed by atoms with Gasteiger partial charge in [-0.15, -0.1) is 10.2 Å². The quantitative estimate of drug-likeness (QED) is 0.810. The van der Waals surface area contributed by atoms with E-state index in [9.17, 15) is 0 Å². The number of rotatable bonds is 4. The molecular weight excluding hydrogens is 254 g/mol. The summed E-state index contributed by atoms with van der Waals surface area (Å²) >= 11 is 5.79. The van der Waals surface area contributed by atoms with Crippen LogP contribution in [-0.2, 0) is 13.1 Å². The average Bonchev–Trinajstić information content (AvgIpc) is 2.79. The molecule has 0 saturated carbocycles. The number of hydrogen-bond donors (Lipinski definition) is 2. The number of nitrogens with two attached hydrogens (primary N) is 1. The van der Waals surface area contributed by atoms with Crippen molar-refractivity contribution in [3.05, 3.63) is 23.1 Å². The molecule has 0 aromatic carbocycles. The smallest absolute Gasteiger partial charge is 0.224 e. The molecule has 0 saturated heterocycles. The van der Waals surface area contributed by atoms with Crippen molar-refractivity contribution in [2.45, 2.75) is 26.9 Å². The molecule has 2 rings (SSSR count). The van der Waals surface area contributed by atoms with Crippen molar-refractivity contribution in [2.24, 2.45) is 0 Å². The van der Waals surface area contributed by atoms with Crippen LogP contribution < -0.4 is 11.1 Å². The zero-order chi connectivity index (χ0) is 13.1. The van der Waals surface area contributed by atoms with Gasteiger partial charge < -0.3 is 15.6 Å². The lowest BCUT2D eigenvalue weighted by atomic mass is 10.3. The van der Waals surface area contributed by atoms with E-state index in [1.807, 2.05) is 11.5 Å². The summed E-state index contributed by atoms with van der Waals surface area (Å²) in [6.45, 7) is 5.09. The Balaban J connectivity index is 2.16. The van der Waals surface area contributed by atoms with Gasteiger partial charge in [-0.05, 0) is 25.4 Å². The van der Waals surface area contributed by atoms with Crippen LogP contribution in [0.5, 0.6) is 0 Å². The summed E-state index contributed by atoms with van der Waals surface area (Å²) < 4.78 is 1.93. The number of halogens is 1. The van der Waals surface area contributed by atoms with Gasteiger partial charge in [-0.3, -0.25) is 0 Å². The average molecular weight is 268 g/mol. The van der Waals surface area contributed by atoms with Gasteiger partial charge in [0, 0.05) is 6.54 Å². The first-order valence-corrected chi connectivity index (χ1v) is 5.89. The maximum absolute atomic E-state index is 5.87. The fourth-order valence-electron chi connectivity index (χ4n) is 1.52. The van der Waals surface area contributed by atoms with E-state index in [-0.39, 0.29) is 5.28 Å². The first kappa shape index (κ1) is 12.6. The lowest BCUT2D eigenvalue weighted by Gasteiger charge is -2.10. The summed E-state index contributed by atoms with van der Waals surface area (Å²) in [6, 6.07) is 0. The van der Waals surface area contributed by atoms with Crippen LogP contribution in [0.15, 0.2) is 6.33 Å². The van der Waals surface area contributed by atoms with Gasteiger partial charge in [-0.25, -0.2) is 4.98 Å². The van der Waals surface area contributed by atoms with E-state index < -0.39 is 0 Å². The van der Waals surface area contributed by atoms with Crippen LogP contribution in [0.1, 0.15) is 18.4 Å². The first-order chi connectivity index (χ1) is 8.61. The van der Waals surface area contributed by atoms with Gasteiger partial charge in [-0.1, -0.05) is 0 Å². The van der Waals surface area contributed by atoms with Crippen molar-refractivity contribution < 1.29 is 0 Å². The standard InChI is InChI=1S/C10H14ClN7/c1-3-18-5-14-17-7(18)4-13-9-8(12)6(2)15-10(11)16-9/h5H,3-4,12H2,1-2H3,(H,13,15,16). The Hall–Kier alpha value is -1.89. The molecule has 2 heterocycles. The van der Waals surface area contributed by atoms with Crippen LogP contribution in [0.25, 0.3) is 0 Å². The molecule has 0 spiro atoms. The van der Waals surface area contributed by atoms with Gasteiger partial charge >= 0.3 is 0 Å². The molecule has 3 N–H and O–H groups in total. The van der Waals surface area contributed by atoms with Gasteiger partial charge in [0.15, 0.2) is 11.6 Å². The van der Waals surface area contributed by atoms with E-state index in [1.54, 1.807) is 13.3 Å². The van der Waals surface area contributed by atoms with Gasteiger partial charge in [0.25, 0.3) is 0 Å². The Labute approximate surface area is 109 Å². The predicted octanol–water partition coefficient (Wildman–Crippen LogP) is 1.24. The lowest BCUT2D eigenvalue weighted by molar-refractivity contribution is 0.707. The van der Waals surface area contributed by atoms with E-state index in [2.05, 4.69) is 25.5 Å². The summed E-state index contributed by atoms with van der Waals surface area (Å²) in [4.78, 5) is 8.02. The van der Waals surface area contributed by atoms with Crippen LogP contribution in [0, 0.1) is 6.92 Å². The minimum atomic E-state index is 0.168. The molecule has 0 aliphatic heterocycles. The maximum atomic E-state index is 5.87. The minimum Gasteiger partial charge on any atom is -0.394 e. The van der Waals surface area contributed by atoms with E-state index in [0.29, 0.717) is 23.7 Å². The summed E-state index contributed by atoms with van der Waals surface area (Å²) in [7, 11) is 0. The van der Waals surface area contributed by atoms with Crippen molar-refractivity contribution in [3.8, 4) is 0 Å². The highest BCUT2D eigenvalue weighted by atomic mass is 35.5. The molecule has 0 fully saturated rings. The molecule has 8 heteroatoms. The van der Waals surface area contributed by atoms with Gasteiger partial charge in [0.2, 0.25) is 5.28 Å². The second-order valence-electron chi connectivity index (χ2n) is 3.73. The third-order valence-electron chi connectivity index (χ3n) is 2.56. The molecule has 0 radical (unpaired) electrons. The number of nitrogens with one attached hydrogen (secondary N) is 1. The SMILES string of the molecule is CCn1cnnc1CNc1nc(Cl)nc(C)c1N. The molecule has 96 valence electrons. The Kier molecular flexibility index (Phi) is 3.61. The highest BCUT2D eigenvalue weighted by molar-refractivity contribution is 6.28. The second kappa shape index (κ2) is 5.18. The molecule has 2 aromatic heterocycles. The van der Waals surface area contributed by atoms with E-state index in [0.717, 1.165) is 12.4 Å². The largest absolute Gasteiger partial charge is 0.394 e. The molecule has 0 atom stereocenters. The van der Waals surface area contributed by atoms with Crippen LogP contribution in [-0.4, -0.2) is 24.7 Å². The summed E-state index contributed by atoms with van der Waals surface area (Å²) in [6.07, 6.45) is 1.68. The number of aryl methyl sites for hydroxylation is 2. The van der Waals surface area contributed by atoms with Crippen molar-refractivity contribution in [2.75, 3.05) is 11.1 Å². The van der Waals surface area contributed by atoms with E-state index >= 15 is 0 Å².